The molecular formula is C13H10BrN5O. The van der Waals surface area contributed by atoms with Gasteiger partial charge in [-0.3, -0.25) is 0 Å². The minimum absolute atomic E-state index is 0.0480. The summed E-state index contributed by atoms with van der Waals surface area (Å²) in [5, 5.41) is 20.0. The molecule has 20 heavy (non-hydrogen) atoms. The van der Waals surface area contributed by atoms with Crippen molar-refractivity contribution in [1.82, 2.24) is 15.0 Å². The van der Waals surface area contributed by atoms with Gasteiger partial charge in [0.15, 0.2) is 5.84 Å². The van der Waals surface area contributed by atoms with Gasteiger partial charge in [-0.1, -0.05) is 22.5 Å². The lowest BCUT2D eigenvalue weighted by Crippen LogP contribution is -2.14. The van der Waals surface area contributed by atoms with Gasteiger partial charge in [-0.2, -0.15) is 0 Å². The van der Waals surface area contributed by atoms with Crippen LogP contribution in [0.25, 0.3) is 16.7 Å². The third-order valence-electron chi connectivity index (χ3n) is 2.93. The molecule has 2 aromatic carbocycles. The molecule has 0 atom stereocenters. The summed E-state index contributed by atoms with van der Waals surface area (Å²) in [4.78, 5) is 0. The van der Waals surface area contributed by atoms with E-state index >= 15 is 0 Å². The Kier molecular flexibility index (Phi) is 3.11. The van der Waals surface area contributed by atoms with Crippen LogP contribution in [0.4, 0.5) is 0 Å². The smallest absolute Gasteiger partial charge is 0.171 e. The first-order chi connectivity index (χ1) is 9.70. The number of nitrogens with zero attached hydrogens (tertiary/aromatic N) is 4. The standard InChI is InChI=1S/C13H10BrN5O/c14-10-7-8(5-6-9(10)13(15)17-20)19-12-4-2-1-3-11(12)16-18-19/h1-7,20H,(H2,15,17). The number of fused-ring (bicyclic) bond motifs is 1. The predicted molar refractivity (Wildman–Crippen MR) is 79.1 cm³/mol. The summed E-state index contributed by atoms with van der Waals surface area (Å²) >= 11 is 3.40. The van der Waals surface area contributed by atoms with Crippen molar-refractivity contribution < 1.29 is 5.21 Å². The van der Waals surface area contributed by atoms with Crippen molar-refractivity contribution in [2.45, 2.75) is 0 Å². The second-order valence-electron chi connectivity index (χ2n) is 4.14. The quantitative estimate of drug-likeness (QED) is 0.326. The van der Waals surface area contributed by atoms with E-state index in [2.05, 4.69) is 31.4 Å². The Morgan fingerprint density at radius 3 is 2.80 bits per heavy atom. The van der Waals surface area contributed by atoms with Crippen LogP contribution in [0, 0.1) is 0 Å². The van der Waals surface area contributed by atoms with Crippen LogP contribution >= 0.6 is 15.9 Å². The highest BCUT2D eigenvalue weighted by Crippen LogP contribution is 2.22. The molecule has 0 aliphatic heterocycles. The number of halogens is 1. The maximum atomic E-state index is 8.72. The first-order valence-electron chi connectivity index (χ1n) is 5.79. The van der Waals surface area contributed by atoms with E-state index in [0.29, 0.717) is 10.0 Å². The monoisotopic (exact) mass is 331 g/mol. The normalized spacial score (nSPS) is 11.9. The highest BCUT2D eigenvalue weighted by atomic mass is 79.9. The maximum Gasteiger partial charge on any atom is 0.171 e. The molecule has 0 spiro atoms. The minimum atomic E-state index is 0.0480. The van der Waals surface area contributed by atoms with E-state index in [1.807, 2.05) is 36.4 Å². The third kappa shape index (κ3) is 2.01. The third-order valence-corrected chi connectivity index (χ3v) is 3.59. The van der Waals surface area contributed by atoms with Crippen molar-refractivity contribution in [2.24, 2.45) is 10.9 Å². The summed E-state index contributed by atoms with van der Waals surface area (Å²) in [6.07, 6.45) is 0. The van der Waals surface area contributed by atoms with Gasteiger partial charge < -0.3 is 10.9 Å². The second kappa shape index (κ2) is 4.93. The molecular weight excluding hydrogens is 322 g/mol. The van der Waals surface area contributed by atoms with Crippen LogP contribution in [-0.4, -0.2) is 26.0 Å². The number of oxime groups is 1. The fourth-order valence-corrected chi connectivity index (χ4v) is 2.53. The molecule has 0 bridgehead atoms. The van der Waals surface area contributed by atoms with Crippen LogP contribution in [-0.2, 0) is 0 Å². The van der Waals surface area contributed by atoms with Crippen LogP contribution in [0.3, 0.4) is 0 Å². The maximum absolute atomic E-state index is 8.72. The van der Waals surface area contributed by atoms with Gasteiger partial charge in [0.25, 0.3) is 0 Å². The molecule has 6 nitrogen and oxygen atoms in total. The van der Waals surface area contributed by atoms with Crippen LogP contribution in [0.5, 0.6) is 0 Å². The number of aromatic nitrogens is 3. The molecule has 0 amide bonds. The number of benzene rings is 2. The van der Waals surface area contributed by atoms with Gasteiger partial charge in [0.2, 0.25) is 0 Å². The van der Waals surface area contributed by atoms with Crippen molar-refractivity contribution in [3.63, 3.8) is 0 Å². The molecule has 0 radical (unpaired) electrons. The van der Waals surface area contributed by atoms with E-state index in [1.54, 1.807) is 10.7 Å². The van der Waals surface area contributed by atoms with Crippen LogP contribution in [0.1, 0.15) is 5.56 Å². The average molecular weight is 332 g/mol. The lowest BCUT2D eigenvalue weighted by Gasteiger charge is -2.06. The fourth-order valence-electron chi connectivity index (χ4n) is 1.96. The minimum Gasteiger partial charge on any atom is -0.409 e. The van der Waals surface area contributed by atoms with Crippen molar-refractivity contribution in [3.05, 3.63) is 52.5 Å². The molecule has 3 N–H and O–H groups in total. The zero-order valence-electron chi connectivity index (χ0n) is 10.2. The van der Waals surface area contributed by atoms with Crippen molar-refractivity contribution in [1.29, 1.82) is 0 Å². The van der Waals surface area contributed by atoms with E-state index in [0.717, 1.165) is 16.7 Å². The zero-order valence-corrected chi connectivity index (χ0v) is 11.8. The molecule has 0 unspecified atom stereocenters. The summed E-state index contributed by atoms with van der Waals surface area (Å²) < 4.78 is 2.45. The first-order valence-corrected chi connectivity index (χ1v) is 6.58. The molecule has 0 aliphatic rings. The van der Waals surface area contributed by atoms with Gasteiger partial charge >= 0.3 is 0 Å². The topological polar surface area (TPSA) is 89.3 Å². The van der Waals surface area contributed by atoms with Gasteiger partial charge in [0, 0.05) is 10.0 Å². The summed E-state index contributed by atoms with van der Waals surface area (Å²) in [6, 6.07) is 13.1. The number of nitrogens with two attached hydrogens (primary N) is 1. The largest absolute Gasteiger partial charge is 0.409 e. The molecule has 0 saturated carbocycles. The zero-order chi connectivity index (χ0) is 14.1. The highest BCUT2D eigenvalue weighted by Gasteiger charge is 2.10. The van der Waals surface area contributed by atoms with Gasteiger partial charge in [-0.25, -0.2) is 4.68 Å². The Bertz CT molecular complexity index is 811. The van der Waals surface area contributed by atoms with E-state index in [9.17, 15) is 0 Å². The summed E-state index contributed by atoms with van der Waals surface area (Å²) in [5.41, 5.74) is 8.77. The lowest BCUT2D eigenvalue weighted by molar-refractivity contribution is 0.318. The highest BCUT2D eigenvalue weighted by molar-refractivity contribution is 9.10. The summed E-state index contributed by atoms with van der Waals surface area (Å²) in [7, 11) is 0. The fraction of sp³-hybridized carbons (Fsp3) is 0. The van der Waals surface area contributed by atoms with Crippen molar-refractivity contribution >= 4 is 32.8 Å². The van der Waals surface area contributed by atoms with E-state index in [1.165, 1.54) is 0 Å². The van der Waals surface area contributed by atoms with Gasteiger partial charge in [0.05, 0.1) is 11.2 Å². The number of amidine groups is 1. The van der Waals surface area contributed by atoms with Crippen molar-refractivity contribution in [3.8, 4) is 5.69 Å². The van der Waals surface area contributed by atoms with Gasteiger partial charge in [-0.15, -0.1) is 5.10 Å². The number of para-hydroxylation sites is 1. The molecule has 100 valence electrons. The van der Waals surface area contributed by atoms with Crippen LogP contribution in [0.15, 0.2) is 52.1 Å². The van der Waals surface area contributed by atoms with E-state index in [-0.39, 0.29) is 5.84 Å². The number of rotatable bonds is 2. The van der Waals surface area contributed by atoms with Gasteiger partial charge in [-0.05, 0) is 46.3 Å². The van der Waals surface area contributed by atoms with E-state index in [4.69, 9.17) is 10.9 Å². The molecule has 0 aliphatic carbocycles. The Morgan fingerprint density at radius 1 is 1.25 bits per heavy atom. The lowest BCUT2D eigenvalue weighted by atomic mass is 10.2. The first kappa shape index (κ1) is 12.6. The Balaban J connectivity index is 2.14. The summed E-state index contributed by atoms with van der Waals surface area (Å²) in [5.74, 6) is 0.0480. The van der Waals surface area contributed by atoms with Gasteiger partial charge in [0.1, 0.15) is 5.52 Å². The van der Waals surface area contributed by atoms with Crippen LogP contribution < -0.4 is 5.73 Å². The Labute approximate surface area is 122 Å². The molecule has 0 fully saturated rings. The Hall–Kier alpha value is -2.41. The molecule has 0 saturated heterocycles. The predicted octanol–water partition coefficient (Wildman–Crippen LogP) is 2.28. The molecule has 3 aromatic rings. The molecule has 7 heteroatoms. The average Bonchev–Trinajstić information content (AvgIpc) is 2.90. The number of hydrogen-bond acceptors (Lipinski definition) is 4. The second-order valence-corrected chi connectivity index (χ2v) is 4.99. The van der Waals surface area contributed by atoms with Crippen LogP contribution in [0.2, 0.25) is 0 Å². The summed E-state index contributed by atoms with van der Waals surface area (Å²) in [6.45, 7) is 0. The molecule has 1 aromatic heterocycles. The van der Waals surface area contributed by atoms with E-state index < -0.39 is 0 Å². The molecule has 1 heterocycles. The molecule has 3 rings (SSSR count). The SMILES string of the molecule is N/C(=N/O)c1ccc(-n2nnc3ccccc32)cc1Br. The Morgan fingerprint density at radius 2 is 2.05 bits per heavy atom. The van der Waals surface area contributed by atoms with Crippen molar-refractivity contribution in [2.75, 3.05) is 0 Å². The number of hydrogen-bond donors (Lipinski definition) is 2.